The van der Waals surface area contributed by atoms with E-state index in [2.05, 4.69) is 31.3 Å². The minimum Gasteiger partial charge on any atom is -0.493 e. The van der Waals surface area contributed by atoms with Crippen LogP contribution in [-0.2, 0) is 16.3 Å². The number of pyridine rings is 1. The third kappa shape index (κ3) is 6.36. The Morgan fingerprint density at radius 3 is 2.76 bits per heavy atom. The van der Waals surface area contributed by atoms with E-state index in [0.717, 1.165) is 36.9 Å². The molecule has 4 aromatic rings. The van der Waals surface area contributed by atoms with Crippen molar-refractivity contribution in [1.82, 2.24) is 14.5 Å². The number of methoxy groups -OCH3 is 2. The van der Waals surface area contributed by atoms with Crippen molar-refractivity contribution < 1.29 is 24.2 Å². The van der Waals surface area contributed by atoms with Crippen LogP contribution in [0.1, 0.15) is 36.4 Å². The molecule has 3 heterocycles. The highest BCUT2D eigenvalue weighted by atomic mass is 16.6. The molecule has 5 rings (SSSR count). The Morgan fingerprint density at radius 2 is 1.95 bits per heavy atom. The number of para-hydroxylation sites is 1. The minimum atomic E-state index is -0.640. The van der Waals surface area contributed by atoms with Gasteiger partial charge in [0.1, 0.15) is 0 Å². The van der Waals surface area contributed by atoms with Crippen LogP contribution in [0.2, 0.25) is 0 Å². The van der Waals surface area contributed by atoms with Gasteiger partial charge in [0.2, 0.25) is 5.88 Å². The quantitative estimate of drug-likeness (QED) is 0.153. The Bertz CT molecular complexity index is 1550. The molecule has 1 saturated heterocycles. The number of hydrogen-bond donors (Lipinski definition) is 1. The smallest absolute Gasteiger partial charge is 0.304 e. The first kappa shape index (κ1) is 27.8. The highest BCUT2D eigenvalue weighted by Crippen LogP contribution is 2.40. The third-order valence-corrected chi connectivity index (χ3v) is 7.06. The Morgan fingerprint density at radius 1 is 1.10 bits per heavy atom. The summed E-state index contributed by atoms with van der Waals surface area (Å²) in [6.07, 6.45) is 8.35. The van der Waals surface area contributed by atoms with Crippen LogP contribution in [0.25, 0.3) is 10.9 Å². The maximum absolute atomic E-state index is 12.4. The van der Waals surface area contributed by atoms with E-state index < -0.39 is 12.5 Å². The van der Waals surface area contributed by atoms with Crippen molar-refractivity contribution in [3.05, 3.63) is 78.1 Å². The van der Waals surface area contributed by atoms with Crippen LogP contribution >= 0.6 is 0 Å². The fraction of sp³-hybridized carbons (Fsp3) is 0.300. The average molecular weight is 557 g/mol. The van der Waals surface area contributed by atoms with E-state index in [4.69, 9.17) is 14.3 Å². The zero-order valence-corrected chi connectivity index (χ0v) is 23.0. The van der Waals surface area contributed by atoms with Crippen LogP contribution in [0.5, 0.6) is 17.4 Å². The van der Waals surface area contributed by atoms with Crippen LogP contribution in [-0.4, -0.2) is 59.1 Å². The first-order valence-electron chi connectivity index (χ1n) is 13.3. The molecular formula is C30H32N6O5. The second-order valence-corrected chi connectivity index (χ2v) is 9.59. The van der Waals surface area contributed by atoms with E-state index in [1.165, 1.54) is 6.21 Å². The van der Waals surface area contributed by atoms with Crippen molar-refractivity contribution in [3.63, 3.8) is 0 Å². The second-order valence-electron chi connectivity index (χ2n) is 9.59. The third-order valence-electron chi connectivity index (χ3n) is 7.06. The Kier molecular flexibility index (Phi) is 8.85. The lowest BCUT2D eigenvalue weighted by atomic mass is 9.97. The van der Waals surface area contributed by atoms with Gasteiger partial charge in [0.15, 0.2) is 23.8 Å². The number of ether oxygens (including phenoxy) is 2. The molecule has 2 aromatic carbocycles. The van der Waals surface area contributed by atoms with Gasteiger partial charge in [0.05, 0.1) is 32.6 Å². The monoisotopic (exact) mass is 556 g/mol. The highest BCUT2D eigenvalue weighted by Gasteiger charge is 2.26. The summed E-state index contributed by atoms with van der Waals surface area (Å²) in [4.78, 5) is 24.1. The molecule has 0 saturated carbocycles. The van der Waals surface area contributed by atoms with E-state index in [9.17, 15) is 9.90 Å². The molecule has 1 amide bonds. The van der Waals surface area contributed by atoms with Crippen LogP contribution in [0, 0.1) is 0 Å². The molecule has 0 aliphatic carbocycles. The van der Waals surface area contributed by atoms with Crippen molar-refractivity contribution in [2.24, 2.45) is 15.4 Å². The lowest BCUT2D eigenvalue weighted by Gasteiger charge is -2.36. The number of carbonyl (C=O) groups is 1. The number of nitrogens with zero attached hydrogens (tertiary/aromatic N) is 6. The summed E-state index contributed by atoms with van der Waals surface area (Å²) < 4.78 is 12.3. The van der Waals surface area contributed by atoms with Gasteiger partial charge in [-0.25, -0.2) is 0 Å². The number of oxime groups is 1. The summed E-state index contributed by atoms with van der Waals surface area (Å²) in [6, 6.07) is 17.0. The summed E-state index contributed by atoms with van der Waals surface area (Å²) in [5, 5.41) is 23.6. The molecule has 1 N–H and O–H groups in total. The lowest BCUT2D eigenvalue weighted by molar-refractivity contribution is -0.122. The molecule has 11 heteroatoms. The predicted molar refractivity (Wildman–Crippen MR) is 154 cm³/mol. The molecule has 0 radical (unpaired) electrons. The SMILES string of the molecule is COc1ccc(/C=N\OCC(=O)N=Nc2c(O)n(CN3CCCC[C@@H]3c3cccnc3)c3ccccc23)cc1OC. The molecule has 11 nitrogen and oxygen atoms in total. The number of rotatable bonds is 10. The molecule has 0 unspecified atom stereocenters. The van der Waals surface area contributed by atoms with E-state index >= 15 is 0 Å². The minimum absolute atomic E-state index is 0.0503. The van der Waals surface area contributed by atoms with Gasteiger partial charge in [-0.15, -0.1) is 10.2 Å². The van der Waals surface area contributed by atoms with Gasteiger partial charge in [-0.2, -0.15) is 0 Å². The molecule has 2 aromatic heterocycles. The lowest BCUT2D eigenvalue weighted by Crippen LogP contribution is -2.34. The standard InChI is InChI=1S/C30H32N6O5/c1-39-26-13-12-21(16-27(26)40-2)17-32-41-19-28(37)33-34-29-23-9-3-4-11-25(23)36(30(29)38)20-35-15-6-5-10-24(35)22-8-7-14-31-18-22/h3-4,7-9,11-14,16-18,24,38H,5-6,10,15,19-20H2,1-2H3/b32-17-,34-33?/t24-/m1/s1. The maximum Gasteiger partial charge on any atom is 0.304 e. The van der Waals surface area contributed by atoms with Gasteiger partial charge in [0.25, 0.3) is 0 Å². The molecule has 212 valence electrons. The predicted octanol–water partition coefficient (Wildman–Crippen LogP) is 5.60. The Hall–Kier alpha value is -4.77. The summed E-state index contributed by atoms with van der Waals surface area (Å²) in [6.45, 7) is 0.943. The number of azo groups is 1. The van der Waals surface area contributed by atoms with Crippen LogP contribution in [0.15, 0.2) is 82.4 Å². The van der Waals surface area contributed by atoms with Gasteiger partial charge in [0, 0.05) is 35.9 Å². The van der Waals surface area contributed by atoms with Gasteiger partial charge in [-0.05, 0) is 48.7 Å². The molecule has 41 heavy (non-hydrogen) atoms. The molecule has 1 fully saturated rings. The number of hydrogen-bond acceptors (Lipinski definition) is 9. The average Bonchev–Trinajstić information content (AvgIpc) is 3.28. The number of likely N-dealkylation sites (tertiary alicyclic amines) is 1. The number of amides is 1. The number of carbonyl (C=O) groups excluding carboxylic acids is 1. The van der Waals surface area contributed by atoms with Gasteiger partial charge in [-0.1, -0.05) is 35.8 Å². The largest absolute Gasteiger partial charge is 0.493 e. The van der Waals surface area contributed by atoms with E-state index in [1.807, 2.05) is 41.1 Å². The number of aromatic nitrogens is 2. The first-order chi connectivity index (χ1) is 20.1. The van der Waals surface area contributed by atoms with E-state index in [-0.39, 0.29) is 17.6 Å². The Balaban J connectivity index is 1.28. The van der Waals surface area contributed by atoms with E-state index in [1.54, 1.807) is 38.6 Å². The summed E-state index contributed by atoms with van der Waals surface area (Å²) in [7, 11) is 3.10. The molecule has 0 spiro atoms. The summed E-state index contributed by atoms with van der Waals surface area (Å²) in [5.74, 6) is 0.451. The zero-order valence-electron chi connectivity index (χ0n) is 23.0. The number of piperidine rings is 1. The zero-order chi connectivity index (χ0) is 28.6. The Labute approximate surface area is 237 Å². The normalized spacial score (nSPS) is 16.0. The second kappa shape index (κ2) is 13.1. The van der Waals surface area contributed by atoms with Crippen molar-refractivity contribution in [2.45, 2.75) is 32.0 Å². The van der Waals surface area contributed by atoms with Crippen LogP contribution in [0.4, 0.5) is 5.69 Å². The summed E-state index contributed by atoms with van der Waals surface area (Å²) in [5.41, 5.74) is 2.90. The van der Waals surface area contributed by atoms with Gasteiger partial charge < -0.3 is 19.4 Å². The topological polar surface area (TPSA) is 123 Å². The van der Waals surface area contributed by atoms with Crippen LogP contribution in [0.3, 0.4) is 0 Å². The van der Waals surface area contributed by atoms with Crippen molar-refractivity contribution in [3.8, 4) is 17.4 Å². The molecule has 0 bridgehead atoms. The number of fused-ring (bicyclic) bond motifs is 1. The van der Waals surface area contributed by atoms with Gasteiger partial charge >= 0.3 is 5.91 Å². The van der Waals surface area contributed by atoms with Gasteiger partial charge in [-0.3, -0.25) is 19.2 Å². The van der Waals surface area contributed by atoms with Crippen LogP contribution < -0.4 is 9.47 Å². The van der Waals surface area contributed by atoms with Crippen molar-refractivity contribution in [1.29, 1.82) is 0 Å². The fourth-order valence-corrected chi connectivity index (χ4v) is 5.06. The van der Waals surface area contributed by atoms with Crippen molar-refractivity contribution >= 4 is 28.7 Å². The molecular weight excluding hydrogens is 524 g/mol. The summed E-state index contributed by atoms with van der Waals surface area (Å²) >= 11 is 0. The molecule has 1 atom stereocenters. The number of aromatic hydroxyl groups is 1. The fourth-order valence-electron chi connectivity index (χ4n) is 5.06. The highest BCUT2D eigenvalue weighted by molar-refractivity contribution is 5.95. The number of benzene rings is 2. The molecule has 1 aliphatic heterocycles. The van der Waals surface area contributed by atoms with E-state index in [0.29, 0.717) is 29.1 Å². The maximum atomic E-state index is 12.4. The first-order valence-corrected chi connectivity index (χ1v) is 13.3. The van der Waals surface area contributed by atoms with Crippen molar-refractivity contribution in [2.75, 3.05) is 27.4 Å². The molecule has 1 aliphatic rings.